The van der Waals surface area contributed by atoms with E-state index in [1.165, 1.54) is 24.9 Å². The van der Waals surface area contributed by atoms with Gasteiger partial charge in [-0.1, -0.05) is 0 Å². The molecule has 0 bridgehead atoms. The molecule has 0 spiro atoms. The number of hydrogen-bond acceptors (Lipinski definition) is 5. The molecule has 3 N–H and O–H groups in total. The molecule has 0 radical (unpaired) electrons. The van der Waals surface area contributed by atoms with Crippen molar-refractivity contribution in [1.82, 2.24) is 15.1 Å². The maximum atomic E-state index is 11.4. The number of hydrogen-bond donors (Lipinski definition) is 2. The molecular formula is C13H14N4O3. The molecule has 0 saturated carbocycles. The Hall–Kier alpha value is -2.83. The fraction of sp³-hybridized carbons (Fsp3) is 0.154. The van der Waals surface area contributed by atoms with Crippen LogP contribution in [-0.2, 0) is 4.74 Å². The molecule has 7 heteroatoms. The van der Waals surface area contributed by atoms with Gasteiger partial charge in [0.25, 0.3) is 5.91 Å². The number of nitrogens with zero attached hydrogens (tertiary/aromatic N) is 2. The van der Waals surface area contributed by atoms with Crippen LogP contribution < -0.4 is 11.1 Å². The van der Waals surface area contributed by atoms with Gasteiger partial charge in [-0.3, -0.25) is 4.79 Å². The van der Waals surface area contributed by atoms with E-state index in [4.69, 9.17) is 5.73 Å². The first-order valence-corrected chi connectivity index (χ1v) is 5.82. The van der Waals surface area contributed by atoms with E-state index >= 15 is 0 Å². The number of nitrogen functional groups attached to an aromatic ring is 1. The molecule has 0 fully saturated rings. The predicted molar refractivity (Wildman–Crippen MR) is 72.7 cm³/mol. The van der Waals surface area contributed by atoms with Crippen LogP contribution in [-0.4, -0.2) is 35.8 Å². The van der Waals surface area contributed by atoms with Crippen molar-refractivity contribution < 1.29 is 14.3 Å². The number of carbonyl (C=O) groups excluding carboxylic acids is 2. The number of methoxy groups -OCH3 is 1. The first kappa shape index (κ1) is 13.6. The van der Waals surface area contributed by atoms with Gasteiger partial charge in [-0.15, -0.1) is 0 Å². The monoisotopic (exact) mass is 274 g/mol. The molecule has 0 aliphatic rings. The number of benzene rings is 1. The summed E-state index contributed by atoms with van der Waals surface area (Å²) in [7, 11) is 2.83. The summed E-state index contributed by atoms with van der Waals surface area (Å²) >= 11 is 0. The van der Waals surface area contributed by atoms with Crippen LogP contribution in [0.4, 0.5) is 5.69 Å². The van der Waals surface area contributed by atoms with Crippen LogP contribution in [0, 0.1) is 0 Å². The topological polar surface area (TPSA) is 99.2 Å². The second-order valence-corrected chi connectivity index (χ2v) is 3.99. The highest BCUT2D eigenvalue weighted by Crippen LogP contribution is 2.19. The Morgan fingerprint density at radius 2 is 2.10 bits per heavy atom. The lowest BCUT2D eigenvalue weighted by atomic mass is 10.2. The highest BCUT2D eigenvalue weighted by molar-refractivity contribution is 5.92. The van der Waals surface area contributed by atoms with Crippen LogP contribution in [0.5, 0.6) is 0 Å². The third kappa shape index (κ3) is 2.46. The van der Waals surface area contributed by atoms with Crippen LogP contribution in [0.2, 0.25) is 0 Å². The molecule has 2 rings (SSSR count). The Kier molecular flexibility index (Phi) is 3.69. The molecule has 0 aliphatic heterocycles. The largest absolute Gasteiger partial charge is 0.465 e. The van der Waals surface area contributed by atoms with Crippen LogP contribution >= 0.6 is 0 Å². The van der Waals surface area contributed by atoms with Crippen molar-refractivity contribution in [1.29, 1.82) is 0 Å². The number of amides is 1. The first-order valence-electron chi connectivity index (χ1n) is 5.82. The van der Waals surface area contributed by atoms with Crippen LogP contribution in [0.15, 0.2) is 30.5 Å². The minimum Gasteiger partial charge on any atom is -0.465 e. The second kappa shape index (κ2) is 5.43. The van der Waals surface area contributed by atoms with Crippen molar-refractivity contribution >= 4 is 17.6 Å². The van der Waals surface area contributed by atoms with Crippen LogP contribution in [0.1, 0.15) is 20.8 Å². The average Bonchev–Trinajstić information content (AvgIpc) is 2.94. The Morgan fingerprint density at radius 3 is 2.70 bits per heavy atom. The van der Waals surface area contributed by atoms with Crippen molar-refractivity contribution in [3.8, 4) is 5.69 Å². The van der Waals surface area contributed by atoms with E-state index in [0.29, 0.717) is 16.9 Å². The molecule has 1 heterocycles. The van der Waals surface area contributed by atoms with Gasteiger partial charge in [-0.05, 0) is 24.3 Å². The minimum atomic E-state index is -0.463. The lowest BCUT2D eigenvalue weighted by Crippen LogP contribution is -2.18. The van der Waals surface area contributed by atoms with Gasteiger partial charge in [-0.2, -0.15) is 5.10 Å². The highest BCUT2D eigenvalue weighted by atomic mass is 16.5. The van der Waals surface area contributed by atoms with Gasteiger partial charge in [0, 0.05) is 13.2 Å². The summed E-state index contributed by atoms with van der Waals surface area (Å²) in [5.74, 6) is -0.747. The molecule has 0 atom stereocenters. The predicted octanol–water partition coefficient (Wildman–Crippen LogP) is 0.601. The lowest BCUT2D eigenvalue weighted by molar-refractivity contribution is 0.0600. The summed E-state index contributed by atoms with van der Waals surface area (Å²) in [5.41, 5.74) is 7.47. The van der Waals surface area contributed by atoms with Gasteiger partial charge in [-0.25, -0.2) is 9.48 Å². The SMILES string of the molecule is CNC(=O)c1ccn(-c2ccc(C(=O)OC)cc2N)n1. The normalized spacial score (nSPS) is 10.1. The Morgan fingerprint density at radius 1 is 1.35 bits per heavy atom. The quantitative estimate of drug-likeness (QED) is 0.630. The molecule has 20 heavy (non-hydrogen) atoms. The minimum absolute atomic E-state index is 0.281. The summed E-state index contributed by atoms with van der Waals surface area (Å²) in [6, 6.07) is 6.30. The highest BCUT2D eigenvalue weighted by Gasteiger charge is 2.12. The number of anilines is 1. The molecule has 7 nitrogen and oxygen atoms in total. The third-order valence-corrected chi connectivity index (χ3v) is 2.74. The zero-order valence-electron chi connectivity index (χ0n) is 11.1. The Balaban J connectivity index is 2.36. The second-order valence-electron chi connectivity index (χ2n) is 3.99. The molecule has 0 aliphatic carbocycles. The van der Waals surface area contributed by atoms with Gasteiger partial charge in [0.2, 0.25) is 0 Å². The van der Waals surface area contributed by atoms with Crippen molar-refractivity contribution in [2.24, 2.45) is 0 Å². The van der Waals surface area contributed by atoms with Crippen molar-refractivity contribution in [2.45, 2.75) is 0 Å². The standard InChI is InChI=1S/C13H14N4O3/c1-15-12(18)10-5-6-17(16-10)11-4-3-8(7-9(11)14)13(19)20-2/h3-7H,14H2,1-2H3,(H,15,18). The van der Waals surface area contributed by atoms with Crippen LogP contribution in [0.3, 0.4) is 0 Å². The lowest BCUT2D eigenvalue weighted by Gasteiger charge is -2.07. The number of nitrogens with one attached hydrogen (secondary N) is 1. The fourth-order valence-corrected chi connectivity index (χ4v) is 1.72. The zero-order chi connectivity index (χ0) is 14.7. The first-order chi connectivity index (χ1) is 9.56. The maximum Gasteiger partial charge on any atom is 0.337 e. The number of ether oxygens (including phenoxy) is 1. The molecule has 104 valence electrons. The Labute approximate surface area is 115 Å². The molecule has 0 saturated heterocycles. The summed E-state index contributed by atoms with van der Waals surface area (Å²) in [6.45, 7) is 0. The van der Waals surface area contributed by atoms with Gasteiger partial charge < -0.3 is 15.8 Å². The smallest absolute Gasteiger partial charge is 0.337 e. The van der Waals surface area contributed by atoms with E-state index in [0.717, 1.165) is 0 Å². The number of aromatic nitrogens is 2. The molecule has 1 aromatic carbocycles. The van der Waals surface area contributed by atoms with Gasteiger partial charge in [0.05, 0.1) is 24.0 Å². The third-order valence-electron chi connectivity index (χ3n) is 2.74. The fourth-order valence-electron chi connectivity index (χ4n) is 1.72. The van der Waals surface area contributed by atoms with E-state index in [1.54, 1.807) is 24.4 Å². The molecule has 0 unspecified atom stereocenters. The van der Waals surface area contributed by atoms with Crippen LogP contribution in [0.25, 0.3) is 5.69 Å². The summed E-state index contributed by atoms with van der Waals surface area (Å²) in [5, 5.41) is 6.60. The molecule has 1 aromatic heterocycles. The zero-order valence-corrected chi connectivity index (χ0v) is 11.1. The van der Waals surface area contributed by atoms with E-state index in [9.17, 15) is 9.59 Å². The molecular weight excluding hydrogens is 260 g/mol. The summed E-state index contributed by atoms with van der Waals surface area (Å²) in [4.78, 5) is 22.8. The number of carbonyl (C=O) groups is 2. The van der Waals surface area contributed by atoms with Crippen molar-refractivity contribution in [2.75, 3.05) is 19.9 Å². The maximum absolute atomic E-state index is 11.4. The van der Waals surface area contributed by atoms with E-state index in [2.05, 4.69) is 15.2 Å². The summed E-state index contributed by atoms with van der Waals surface area (Å²) in [6.07, 6.45) is 1.62. The van der Waals surface area contributed by atoms with Gasteiger partial charge >= 0.3 is 5.97 Å². The van der Waals surface area contributed by atoms with Gasteiger partial charge in [0.15, 0.2) is 5.69 Å². The number of nitrogens with two attached hydrogens (primary N) is 1. The van der Waals surface area contributed by atoms with Gasteiger partial charge in [0.1, 0.15) is 0 Å². The summed E-state index contributed by atoms with van der Waals surface area (Å²) < 4.78 is 6.09. The van der Waals surface area contributed by atoms with E-state index in [1.807, 2.05) is 0 Å². The average molecular weight is 274 g/mol. The number of esters is 1. The molecule has 1 amide bonds. The van der Waals surface area contributed by atoms with Crippen molar-refractivity contribution in [3.05, 3.63) is 41.7 Å². The van der Waals surface area contributed by atoms with Crippen molar-refractivity contribution in [3.63, 3.8) is 0 Å². The molecule has 2 aromatic rings. The van der Waals surface area contributed by atoms with E-state index < -0.39 is 5.97 Å². The Bertz CT molecular complexity index is 663. The van der Waals surface area contributed by atoms with E-state index in [-0.39, 0.29) is 11.6 Å². The number of rotatable bonds is 3.